The fourth-order valence-corrected chi connectivity index (χ4v) is 2.50. The van der Waals surface area contributed by atoms with Crippen LogP contribution in [0.2, 0.25) is 5.82 Å². The van der Waals surface area contributed by atoms with E-state index in [4.69, 9.17) is 4.65 Å². The van der Waals surface area contributed by atoms with Gasteiger partial charge in [-0.15, -0.1) is 0 Å². The summed E-state index contributed by atoms with van der Waals surface area (Å²) in [7, 11) is 0. The number of hydrogen-bond acceptors (Lipinski definition) is 5. The quantitative estimate of drug-likeness (QED) is 0.635. The fourth-order valence-electron chi connectivity index (χ4n) is 2.50. The Balaban J connectivity index is 2.21. The molecule has 0 radical (unpaired) electrons. The molecule has 0 bridgehead atoms. The van der Waals surface area contributed by atoms with Gasteiger partial charge in [0, 0.05) is 0 Å². The van der Waals surface area contributed by atoms with Crippen LogP contribution < -0.4 is 9.76 Å². The number of carboxylic acids is 1. The van der Waals surface area contributed by atoms with Crippen LogP contribution >= 0.6 is 0 Å². The highest BCUT2D eigenvalue weighted by molar-refractivity contribution is 6.62. The van der Waals surface area contributed by atoms with E-state index in [0.29, 0.717) is 12.0 Å². The summed E-state index contributed by atoms with van der Waals surface area (Å²) in [6, 6.07) is 2.44. The third-order valence-electron chi connectivity index (χ3n) is 3.43. The molecule has 2 N–H and O–H groups in total. The largest absolute Gasteiger partial charge is 0.669 e. The van der Waals surface area contributed by atoms with Crippen LogP contribution in [0.5, 0.6) is 5.75 Å². The van der Waals surface area contributed by atoms with E-state index in [-0.39, 0.29) is 11.7 Å². The lowest BCUT2D eigenvalue weighted by Crippen LogP contribution is -2.46. The molecule has 1 aliphatic heterocycles. The van der Waals surface area contributed by atoms with E-state index in [2.05, 4.69) is 0 Å². The van der Waals surface area contributed by atoms with Gasteiger partial charge in [0.25, 0.3) is 0 Å². The van der Waals surface area contributed by atoms with Crippen molar-refractivity contribution in [1.29, 1.82) is 0 Å². The van der Waals surface area contributed by atoms with E-state index in [1.807, 2.05) is 0 Å². The first-order chi connectivity index (χ1) is 7.92. The first-order valence-electron chi connectivity index (χ1n) is 5.24. The average Bonchev–Trinajstić information content (AvgIpc) is 2.96. The molecule has 1 aromatic carbocycles. The fraction of sp³-hybridized carbons (Fsp3) is 0.300. The van der Waals surface area contributed by atoms with Crippen molar-refractivity contribution in [1.82, 2.24) is 0 Å². The maximum absolute atomic E-state index is 13.4. The molecule has 5 nitrogen and oxygen atoms in total. The minimum atomic E-state index is -3.11. The van der Waals surface area contributed by atoms with Crippen molar-refractivity contribution in [2.75, 3.05) is 0 Å². The third-order valence-corrected chi connectivity index (χ3v) is 3.43. The van der Waals surface area contributed by atoms with Crippen molar-refractivity contribution in [2.45, 2.75) is 18.2 Å². The van der Waals surface area contributed by atoms with Crippen molar-refractivity contribution in [3.05, 3.63) is 29.1 Å². The van der Waals surface area contributed by atoms with Crippen LogP contribution in [0, 0.1) is 5.82 Å². The second kappa shape index (κ2) is 2.99. The SMILES string of the molecule is O=C([O-])c1c(F)ccc2c1O[B-](O)(O)[C@H]1C[C@@H]21. The minimum absolute atomic E-state index is 0.174. The molecule has 2 atom stereocenters. The van der Waals surface area contributed by atoms with Crippen LogP contribution in [0.15, 0.2) is 12.1 Å². The lowest BCUT2D eigenvalue weighted by atomic mass is 9.68. The van der Waals surface area contributed by atoms with Gasteiger partial charge in [-0.25, -0.2) is 4.39 Å². The number of carboxylic acid groups (broad SMARTS) is 1. The standard InChI is InChI=1S/C10H9BFO5/c12-7-2-1-4-5-3-6(5)11(15,16)17-9(4)8(7)10(13)14/h1-2,5-6,15-16H,3H2,(H,13,14)/q-1/p-1/t5-,6-/m0/s1. The smallest absolute Gasteiger partial charge is 0.434 e. The highest BCUT2D eigenvalue weighted by atomic mass is 19.1. The Morgan fingerprint density at radius 2 is 2.24 bits per heavy atom. The Morgan fingerprint density at radius 1 is 1.53 bits per heavy atom. The molecule has 1 saturated carbocycles. The summed E-state index contributed by atoms with van der Waals surface area (Å²) in [6.45, 7) is -3.11. The Morgan fingerprint density at radius 3 is 2.88 bits per heavy atom. The molecule has 90 valence electrons. The highest BCUT2D eigenvalue weighted by Gasteiger charge is 2.55. The van der Waals surface area contributed by atoms with Gasteiger partial charge >= 0.3 is 6.75 Å². The number of halogens is 1. The molecule has 1 aromatic rings. The van der Waals surface area contributed by atoms with Gasteiger partial charge in [-0.3, -0.25) is 0 Å². The summed E-state index contributed by atoms with van der Waals surface area (Å²) in [6.07, 6.45) is 0.498. The first kappa shape index (κ1) is 10.6. The normalized spacial score (nSPS) is 27.7. The second-order valence-electron chi connectivity index (χ2n) is 4.51. The summed E-state index contributed by atoms with van der Waals surface area (Å²) >= 11 is 0. The zero-order valence-corrected chi connectivity index (χ0v) is 8.59. The Kier molecular flexibility index (Phi) is 1.86. The molecule has 1 fully saturated rings. The van der Waals surface area contributed by atoms with Crippen molar-refractivity contribution in [3.8, 4) is 5.75 Å². The predicted molar refractivity (Wildman–Crippen MR) is 52.7 cm³/mol. The summed E-state index contributed by atoms with van der Waals surface area (Å²) in [5.41, 5.74) is -0.251. The molecule has 0 unspecified atom stereocenters. The van der Waals surface area contributed by atoms with Crippen LogP contribution in [0.4, 0.5) is 4.39 Å². The van der Waals surface area contributed by atoms with Gasteiger partial charge in [-0.1, -0.05) is 18.3 Å². The number of rotatable bonds is 1. The molecular formula is C10H8BFO5-2. The van der Waals surface area contributed by atoms with Crippen LogP contribution in [-0.2, 0) is 0 Å². The van der Waals surface area contributed by atoms with Gasteiger partial charge in [0.1, 0.15) is 5.82 Å². The second-order valence-corrected chi connectivity index (χ2v) is 4.51. The number of benzene rings is 1. The molecule has 1 heterocycles. The lowest BCUT2D eigenvalue weighted by molar-refractivity contribution is -0.255. The maximum Gasteiger partial charge on any atom is 0.434 e. The van der Waals surface area contributed by atoms with Crippen molar-refractivity contribution in [2.24, 2.45) is 0 Å². The monoisotopic (exact) mass is 238 g/mol. The van der Waals surface area contributed by atoms with Gasteiger partial charge in [-0.2, -0.15) is 0 Å². The number of hydrogen-bond donors (Lipinski definition) is 2. The Labute approximate surface area is 95.5 Å². The van der Waals surface area contributed by atoms with Crippen LogP contribution in [0.3, 0.4) is 0 Å². The molecule has 2 aliphatic rings. The molecule has 0 spiro atoms. The Hall–Kier alpha value is -1.60. The zero-order valence-electron chi connectivity index (χ0n) is 8.59. The van der Waals surface area contributed by atoms with E-state index in [1.54, 1.807) is 0 Å². The predicted octanol–water partition coefficient (Wildman–Crippen LogP) is -0.637. The maximum atomic E-state index is 13.4. The van der Waals surface area contributed by atoms with Crippen molar-refractivity contribution < 1.29 is 29.0 Å². The summed E-state index contributed by atoms with van der Waals surface area (Å²) in [4.78, 5) is 10.8. The van der Waals surface area contributed by atoms with Gasteiger partial charge in [0.15, 0.2) is 0 Å². The van der Waals surface area contributed by atoms with Crippen molar-refractivity contribution >= 4 is 12.7 Å². The van der Waals surface area contributed by atoms with Crippen LogP contribution in [-0.4, -0.2) is 22.8 Å². The van der Waals surface area contributed by atoms with E-state index in [1.165, 1.54) is 6.07 Å². The zero-order chi connectivity index (χ0) is 12.4. The van der Waals surface area contributed by atoms with E-state index < -0.39 is 29.9 Å². The van der Waals surface area contributed by atoms with Crippen LogP contribution in [0.25, 0.3) is 0 Å². The molecular weight excluding hydrogens is 230 g/mol. The van der Waals surface area contributed by atoms with Crippen molar-refractivity contribution in [3.63, 3.8) is 0 Å². The Bertz CT molecular complexity index is 530. The molecule has 3 rings (SSSR count). The summed E-state index contributed by atoms with van der Waals surface area (Å²) in [5.74, 6) is -3.65. The van der Waals surface area contributed by atoms with Gasteiger partial charge in [-0.05, 0) is 17.5 Å². The lowest BCUT2D eigenvalue weighted by Gasteiger charge is -2.37. The molecule has 0 aromatic heterocycles. The number of fused-ring (bicyclic) bond motifs is 3. The summed E-state index contributed by atoms with van der Waals surface area (Å²) in [5, 5.41) is 30.0. The molecule has 0 amide bonds. The average molecular weight is 238 g/mol. The van der Waals surface area contributed by atoms with Crippen LogP contribution in [0.1, 0.15) is 28.3 Å². The number of carbonyl (C=O) groups is 1. The first-order valence-corrected chi connectivity index (χ1v) is 5.24. The summed E-state index contributed by atoms with van der Waals surface area (Å²) < 4.78 is 18.2. The van der Waals surface area contributed by atoms with E-state index in [0.717, 1.165) is 6.07 Å². The molecule has 0 saturated heterocycles. The number of aromatic carboxylic acids is 1. The van der Waals surface area contributed by atoms with Gasteiger partial charge < -0.3 is 24.6 Å². The topological polar surface area (TPSA) is 89.8 Å². The molecule has 1 aliphatic carbocycles. The highest BCUT2D eigenvalue weighted by Crippen LogP contribution is 2.62. The number of carbonyl (C=O) groups excluding carboxylic acids is 1. The van der Waals surface area contributed by atoms with Gasteiger partial charge in [0.2, 0.25) is 0 Å². The third kappa shape index (κ3) is 1.36. The van der Waals surface area contributed by atoms with Gasteiger partial charge in [0.05, 0.1) is 17.3 Å². The molecule has 17 heavy (non-hydrogen) atoms. The van der Waals surface area contributed by atoms with E-state index in [9.17, 15) is 24.3 Å². The van der Waals surface area contributed by atoms with E-state index >= 15 is 0 Å². The minimum Gasteiger partial charge on any atom is -0.669 e. The molecule has 7 heteroatoms.